The summed E-state index contributed by atoms with van der Waals surface area (Å²) in [7, 11) is -3.50. The summed E-state index contributed by atoms with van der Waals surface area (Å²) in [6.07, 6.45) is 3.06. The van der Waals surface area contributed by atoms with Crippen LogP contribution in [0.5, 0.6) is 0 Å². The third-order valence-electron chi connectivity index (χ3n) is 4.19. The molecule has 29 heavy (non-hydrogen) atoms. The van der Waals surface area contributed by atoms with Crippen LogP contribution >= 0.6 is 23.1 Å². The molecule has 0 saturated heterocycles. The lowest BCUT2D eigenvalue weighted by atomic mass is 10.1. The van der Waals surface area contributed by atoms with Crippen molar-refractivity contribution in [2.45, 2.75) is 17.8 Å². The van der Waals surface area contributed by atoms with Gasteiger partial charge in [-0.25, -0.2) is 8.42 Å². The molecule has 0 spiro atoms. The van der Waals surface area contributed by atoms with E-state index >= 15 is 0 Å². The number of aromatic nitrogens is 2. The molecule has 1 amide bonds. The zero-order chi connectivity index (χ0) is 21.0. The van der Waals surface area contributed by atoms with E-state index in [9.17, 15) is 13.2 Å². The molecule has 3 rings (SSSR count). The average Bonchev–Trinajstić information content (AvgIpc) is 3.14. The minimum atomic E-state index is -3.50. The lowest BCUT2D eigenvalue weighted by molar-refractivity contribution is 0.102. The van der Waals surface area contributed by atoms with E-state index < -0.39 is 10.0 Å². The second-order valence-corrected chi connectivity index (χ2v) is 10.2. The summed E-state index contributed by atoms with van der Waals surface area (Å²) in [4.78, 5) is 12.4. The predicted molar refractivity (Wildman–Crippen MR) is 118 cm³/mol. The van der Waals surface area contributed by atoms with Crippen molar-refractivity contribution >= 4 is 49.8 Å². The van der Waals surface area contributed by atoms with Crippen molar-refractivity contribution in [2.75, 3.05) is 22.1 Å². The molecule has 0 radical (unpaired) electrons. The summed E-state index contributed by atoms with van der Waals surface area (Å²) >= 11 is 2.74. The molecule has 0 aliphatic carbocycles. The topological polar surface area (TPSA) is 92.3 Å². The quantitative estimate of drug-likeness (QED) is 0.437. The van der Waals surface area contributed by atoms with Crippen LogP contribution in [0.25, 0.3) is 0 Å². The van der Waals surface area contributed by atoms with Gasteiger partial charge in [-0.1, -0.05) is 47.4 Å². The maximum atomic E-state index is 12.4. The Bertz CT molecular complexity index is 1110. The molecule has 7 nitrogen and oxygen atoms in total. The number of aryl methyl sites for hydroxylation is 1. The van der Waals surface area contributed by atoms with Gasteiger partial charge in [0.25, 0.3) is 5.91 Å². The maximum absolute atomic E-state index is 12.4. The molecule has 3 aromatic rings. The molecule has 1 heterocycles. The number of rotatable bonds is 7. The molecule has 10 heteroatoms. The largest absolute Gasteiger partial charge is 0.296 e. The Balaban J connectivity index is 1.80. The third kappa shape index (κ3) is 5.34. The number of anilines is 2. The summed E-state index contributed by atoms with van der Waals surface area (Å²) in [5.74, 6) is -0.329. The summed E-state index contributed by atoms with van der Waals surface area (Å²) in [5, 5.41) is 11.0. The fourth-order valence-corrected chi connectivity index (χ4v) is 4.68. The Morgan fingerprint density at radius 2 is 1.83 bits per heavy atom. The van der Waals surface area contributed by atoms with E-state index in [1.165, 1.54) is 33.7 Å². The molecule has 0 fully saturated rings. The maximum Gasteiger partial charge on any atom is 0.257 e. The Labute approximate surface area is 178 Å². The second kappa shape index (κ2) is 8.93. The fraction of sp³-hybridized carbons (Fsp3) is 0.211. The van der Waals surface area contributed by atoms with Crippen LogP contribution in [0, 0.1) is 6.92 Å². The molecule has 0 saturated carbocycles. The lowest BCUT2D eigenvalue weighted by Crippen LogP contribution is -2.29. The molecular weight excluding hydrogens is 428 g/mol. The minimum Gasteiger partial charge on any atom is -0.296 e. The third-order valence-corrected chi connectivity index (χ3v) is 7.15. The molecule has 0 aliphatic heterocycles. The predicted octanol–water partition coefficient (Wildman–Crippen LogP) is 3.79. The van der Waals surface area contributed by atoms with E-state index in [0.29, 0.717) is 16.4 Å². The van der Waals surface area contributed by atoms with Gasteiger partial charge in [-0.2, -0.15) is 0 Å². The first-order chi connectivity index (χ1) is 13.8. The monoisotopic (exact) mass is 448 g/mol. The number of nitrogens with one attached hydrogen (secondary N) is 1. The number of amides is 1. The van der Waals surface area contributed by atoms with E-state index in [1.807, 2.05) is 37.4 Å². The Kier molecular flexibility index (Phi) is 6.56. The van der Waals surface area contributed by atoms with E-state index in [2.05, 4.69) is 15.5 Å². The van der Waals surface area contributed by atoms with Crippen LogP contribution in [-0.4, -0.2) is 37.0 Å². The van der Waals surface area contributed by atoms with Gasteiger partial charge >= 0.3 is 0 Å². The molecule has 152 valence electrons. The molecule has 0 unspecified atom stereocenters. The van der Waals surface area contributed by atoms with Crippen molar-refractivity contribution in [3.63, 3.8) is 0 Å². The SMILES string of the molecule is CSc1nnc(NC(=O)c2ccc(N(Cc3ccccc3C)S(C)(=O)=O)cc2)s1. The molecule has 2 aromatic carbocycles. The first kappa shape index (κ1) is 21.3. The van der Waals surface area contributed by atoms with Crippen molar-refractivity contribution < 1.29 is 13.2 Å². The van der Waals surface area contributed by atoms with Gasteiger partial charge in [0.05, 0.1) is 18.5 Å². The van der Waals surface area contributed by atoms with Crippen molar-refractivity contribution in [3.05, 3.63) is 65.2 Å². The Morgan fingerprint density at radius 3 is 2.41 bits per heavy atom. The van der Waals surface area contributed by atoms with Crippen LogP contribution in [0.1, 0.15) is 21.5 Å². The summed E-state index contributed by atoms with van der Waals surface area (Å²) < 4.78 is 26.8. The minimum absolute atomic E-state index is 0.222. The molecule has 0 aliphatic rings. The molecule has 0 bridgehead atoms. The van der Waals surface area contributed by atoms with Gasteiger partial charge < -0.3 is 0 Å². The highest BCUT2D eigenvalue weighted by atomic mass is 32.2. The molecular formula is C19H20N4O3S3. The highest BCUT2D eigenvalue weighted by molar-refractivity contribution is 8.00. The van der Waals surface area contributed by atoms with Crippen LogP contribution in [0.4, 0.5) is 10.8 Å². The number of thioether (sulfide) groups is 1. The number of hydrogen-bond donors (Lipinski definition) is 1. The van der Waals surface area contributed by atoms with Crippen LogP contribution in [0.2, 0.25) is 0 Å². The van der Waals surface area contributed by atoms with Gasteiger partial charge in [0.2, 0.25) is 15.2 Å². The van der Waals surface area contributed by atoms with Crippen molar-refractivity contribution in [1.82, 2.24) is 10.2 Å². The standard InChI is InChI=1S/C19H20N4O3S3/c1-13-6-4-5-7-15(13)12-23(29(3,25)26)16-10-8-14(9-11-16)17(24)20-18-21-22-19(27-2)28-18/h4-11H,12H2,1-3H3,(H,20,21,24). The first-order valence-electron chi connectivity index (χ1n) is 8.59. The fourth-order valence-electron chi connectivity index (χ4n) is 2.63. The van der Waals surface area contributed by atoms with E-state index in [4.69, 9.17) is 0 Å². The summed E-state index contributed by atoms with van der Waals surface area (Å²) in [6.45, 7) is 2.17. The van der Waals surface area contributed by atoms with Gasteiger partial charge in [0, 0.05) is 5.56 Å². The van der Waals surface area contributed by atoms with Gasteiger partial charge in [0.1, 0.15) is 0 Å². The number of benzene rings is 2. The number of sulfonamides is 1. The zero-order valence-electron chi connectivity index (χ0n) is 16.1. The van der Waals surface area contributed by atoms with Crippen molar-refractivity contribution in [2.24, 2.45) is 0 Å². The smallest absolute Gasteiger partial charge is 0.257 e. The van der Waals surface area contributed by atoms with E-state index in [-0.39, 0.29) is 12.5 Å². The highest BCUT2D eigenvalue weighted by Crippen LogP contribution is 2.25. The van der Waals surface area contributed by atoms with Crippen LogP contribution in [0.15, 0.2) is 52.9 Å². The van der Waals surface area contributed by atoms with Gasteiger partial charge in [-0.05, 0) is 48.6 Å². The van der Waals surface area contributed by atoms with Crippen molar-refractivity contribution in [3.8, 4) is 0 Å². The number of nitrogens with zero attached hydrogens (tertiary/aromatic N) is 3. The summed E-state index contributed by atoms with van der Waals surface area (Å²) in [5.41, 5.74) is 2.83. The second-order valence-electron chi connectivity index (χ2n) is 6.27. The Hall–Kier alpha value is -2.43. The first-order valence-corrected chi connectivity index (χ1v) is 12.5. The normalized spacial score (nSPS) is 11.3. The van der Waals surface area contributed by atoms with E-state index in [1.54, 1.807) is 24.3 Å². The molecule has 0 atom stereocenters. The number of carbonyl (C=O) groups is 1. The van der Waals surface area contributed by atoms with Gasteiger partial charge in [-0.3, -0.25) is 14.4 Å². The zero-order valence-corrected chi connectivity index (χ0v) is 18.6. The van der Waals surface area contributed by atoms with Gasteiger partial charge in [-0.15, -0.1) is 10.2 Å². The Morgan fingerprint density at radius 1 is 1.14 bits per heavy atom. The lowest BCUT2D eigenvalue weighted by Gasteiger charge is -2.23. The average molecular weight is 449 g/mol. The van der Waals surface area contributed by atoms with Crippen LogP contribution in [-0.2, 0) is 16.6 Å². The highest BCUT2D eigenvalue weighted by Gasteiger charge is 2.19. The molecule has 1 N–H and O–H groups in total. The van der Waals surface area contributed by atoms with E-state index in [0.717, 1.165) is 15.5 Å². The van der Waals surface area contributed by atoms with Gasteiger partial charge in [0.15, 0.2) is 4.34 Å². The summed E-state index contributed by atoms with van der Waals surface area (Å²) in [6, 6.07) is 14.1. The van der Waals surface area contributed by atoms with Crippen LogP contribution in [0.3, 0.4) is 0 Å². The van der Waals surface area contributed by atoms with Crippen LogP contribution < -0.4 is 9.62 Å². The van der Waals surface area contributed by atoms with Crippen molar-refractivity contribution in [1.29, 1.82) is 0 Å². The number of carbonyl (C=O) groups excluding carboxylic acids is 1. The molecule has 1 aromatic heterocycles. The number of hydrogen-bond acceptors (Lipinski definition) is 7.